The van der Waals surface area contributed by atoms with Crippen molar-refractivity contribution in [2.45, 2.75) is 50.4 Å². The van der Waals surface area contributed by atoms with E-state index in [1.807, 2.05) is 5.32 Å². The number of carbonyl (C=O) groups excluding carboxylic acids is 2. The Morgan fingerprint density at radius 2 is 2.07 bits per heavy atom. The average molecular weight is 494 g/mol. The molecule has 11 heteroatoms. The summed E-state index contributed by atoms with van der Waals surface area (Å²) in [6.07, 6.45) is -0.601. The van der Waals surface area contributed by atoms with Crippen molar-refractivity contribution in [2.24, 2.45) is 5.92 Å². The molecule has 1 aliphatic carbocycles. The molecular formula is C18H17BrClF3N4O2. The van der Waals surface area contributed by atoms with E-state index >= 15 is 0 Å². The molecule has 4 rings (SSSR count). The first-order chi connectivity index (χ1) is 13.6. The van der Waals surface area contributed by atoms with Gasteiger partial charge in [0, 0.05) is 15.9 Å². The predicted molar refractivity (Wildman–Crippen MR) is 104 cm³/mol. The highest BCUT2D eigenvalue weighted by Gasteiger charge is 2.67. The summed E-state index contributed by atoms with van der Waals surface area (Å²) in [6, 6.07) is 2.77. The van der Waals surface area contributed by atoms with Crippen LogP contribution in [0.5, 0.6) is 0 Å². The number of nitrogens with one attached hydrogen (secondary N) is 2. The zero-order chi connectivity index (χ0) is 21.0. The fourth-order valence-electron chi connectivity index (χ4n) is 4.16. The third-order valence-corrected chi connectivity index (χ3v) is 6.38. The summed E-state index contributed by atoms with van der Waals surface area (Å²) in [5, 5.41) is 4.28. The number of hydrogen-bond acceptors (Lipinski definition) is 3. The van der Waals surface area contributed by atoms with Gasteiger partial charge in [-0.3, -0.25) is 19.5 Å². The first kappa shape index (κ1) is 20.5. The lowest BCUT2D eigenvalue weighted by Gasteiger charge is -2.32. The Balaban J connectivity index is 1.75. The highest BCUT2D eigenvalue weighted by atomic mass is 79.9. The Labute approximate surface area is 177 Å². The normalized spacial score (nSPS) is 22.2. The largest absolute Gasteiger partial charge is 0.440 e. The lowest BCUT2D eigenvalue weighted by molar-refractivity contribution is -0.217. The number of amides is 2. The van der Waals surface area contributed by atoms with E-state index in [9.17, 15) is 22.8 Å². The second-order valence-electron chi connectivity index (χ2n) is 7.43. The van der Waals surface area contributed by atoms with Gasteiger partial charge in [0.15, 0.2) is 0 Å². The number of alkyl halides is 3. The van der Waals surface area contributed by atoms with Gasteiger partial charge in [-0.2, -0.15) is 13.2 Å². The van der Waals surface area contributed by atoms with Gasteiger partial charge in [0.1, 0.15) is 5.52 Å². The number of nitrogens with zero attached hydrogens (tertiary/aromatic N) is 2. The SMILES string of the molecule is O=C(CCC1CCCC1)NC1(C(F)(F)F)C(=O)Nc2nc3c(Br)cc(Cl)cc3n21. The van der Waals surface area contributed by atoms with Crippen LogP contribution in [0, 0.1) is 5.92 Å². The van der Waals surface area contributed by atoms with E-state index in [1.165, 1.54) is 12.1 Å². The standard InChI is InChI=1S/C18H17BrClF3N4O2/c19-11-7-10(20)8-12-14(11)24-16-25-15(29)17(27(12)16,18(21,22)23)26-13(28)6-5-9-3-1-2-4-9/h7-9H,1-6H2,(H,26,28)(H,24,25,29). The smallest absolute Gasteiger partial charge is 0.317 e. The van der Waals surface area contributed by atoms with Crippen LogP contribution < -0.4 is 10.6 Å². The molecule has 2 amide bonds. The van der Waals surface area contributed by atoms with E-state index in [4.69, 9.17) is 11.6 Å². The number of aromatic nitrogens is 2. The molecule has 1 unspecified atom stereocenters. The van der Waals surface area contributed by atoms with Crippen molar-refractivity contribution < 1.29 is 22.8 Å². The number of rotatable bonds is 4. The topological polar surface area (TPSA) is 76.0 Å². The molecule has 2 N–H and O–H groups in total. The van der Waals surface area contributed by atoms with Crippen LogP contribution in [0.15, 0.2) is 16.6 Å². The fourth-order valence-corrected chi connectivity index (χ4v) is 5.04. The summed E-state index contributed by atoms with van der Waals surface area (Å²) in [4.78, 5) is 29.1. The molecule has 1 aromatic heterocycles. The van der Waals surface area contributed by atoms with Gasteiger partial charge in [-0.25, -0.2) is 4.98 Å². The van der Waals surface area contributed by atoms with Gasteiger partial charge < -0.3 is 5.32 Å². The molecule has 1 aromatic carbocycles. The molecule has 0 radical (unpaired) electrons. The molecule has 1 atom stereocenters. The lowest BCUT2D eigenvalue weighted by Crippen LogP contribution is -2.63. The van der Waals surface area contributed by atoms with Gasteiger partial charge in [0.25, 0.3) is 11.6 Å². The van der Waals surface area contributed by atoms with Crippen LogP contribution in [0.4, 0.5) is 19.1 Å². The molecule has 1 saturated carbocycles. The van der Waals surface area contributed by atoms with Crippen molar-refractivity contribution in [1.29, 1.82) is 0 Å². The maximum absolute atomic E-state index is 14.3. The van der Waals surface area contributed by atoms with E-state index in [-0.39, 0.29) is 28.4 Å². The second-order valence-corrected chi connectivity index (χ2v) is 8.72. The van der Waals surface area contributed by atoms with E-state index in [1.54, 1.807) is 0 Å². The van der Waals surface area contributed by atoms with Crippen LogP contribution in [0.25, 0.3) is 11.0 Å². The predicted octanol–water partition coefficient (Wildman–Crippen LogP) is 4.71. The molecular weight excluding hydrogens is 477 g/mol. The number of carbonyl (C=O) groups is 2. The van der Waals surface area contributed by atoms with Crippen molar-refractivity contribution in [2.75, 3.05) is 5.32 Å². The highest BCUT2D eigenvalue weighted by molar-refractivity contribution is 9.10. The molecule has 6 nitrogen and oxygen atoms in total. The second kappa shape index (κ2) is 7.16. The molecule has 29 heavy (non-hydrogen) atoms. The van der Waals surface area contributed by atoms with Crippen LogP contribution in [0.2, 0.25) is 5.02 Å². The number of fused-ring (bicyclic) bond motifs is 3. The maximum Gasteiger partial charge on any atom is 0.440 e. The molecule has 2 heterocycles. The first-order valence-corrected chi connectivity index (χ1v) is 10.4. The van der Waals surface area contributed by atoms with Crippen molar-refractivity contribution in [1.82, 2.24) is 14.9 Å². The van der Waals surface area contributed by atoms with Crippen LogP contribution in [0.3, 0.4) is 0 Å². The zero-order valence-corrected chi connectivity index (χ0v) is 17.4. The zero-order valence-electron chi connectivity index (χ0n) is 15.1. The number of hydrogen-bond donors (Lipinski definition) is 2. The minimum atomic E-state index is -5.10. The molecule has 0 bridgehead atoms. The minimum absolute atomic E-state index is 0.0221. The van der Waals surface area contributed by atoms with Crippen LogP contribution in [-0.4, -0.2) is 27.5 Å². The molecule has 0 saturated heterocycles. The average Bonchev–Trinajstić information content (AvgIpc) is 3.30. The summed E-state index contributed by atoms with van der Waals surface area (Å²) in [6.45, 7) is 0. The van der Waals surface area contributed by atoms with Gasteiger partial charge in [-0.15, -0.1) is 0 Å². The Morgan fingerprint density at radius 3 is 2.72 bits per heavy atom. The van der Waals surface area contributed by atoms with Crippen LogP contribution in [0.1, 0.15) is 38.5 Å². The van der Waals surface area contributed by atoms with Crippen LogP contribution in [-0.2, 0) is 15.3 Å². The van der Waals surface area contributed by atoms with Crippen molar-refractivity contribution in [3.63, 3.8) is 0 Å². The van der Waals surface area contributed by atoms with Gasteiger partial charge >= 0.3 is 6.18 Å². The first-order valence-electron chi connectivity index (χ1n) is 9.20. The van der Waals surface area contributed by atoms with Gasteiger partial charge in [-0.05, 0) is 40.4 Å². The Morgan fingerprint density at radius 1 is 1.38 bits per heavy atom. The summed E-state index contributed by atoms with van der Waals surface area (Å²) in [5.41, 5.74) is -3.11. The van der Waals surface area contributed by atoms with E-state index in [0.717, 1.165) is 25.7 Å². The van der Waals surface area contributed by atoms with Crippen molar-refractivity contribution in [3.8, 4) is 0 Å². The molecule has 2 aromatic rings. The summed E-state index contributed by atoms with van der Waals surface area (Å²) in [5.74, 6) is -2.21. The minimum Gasteiger partial charge on any atom is -0.317 e. The highest BCUT2D eigenvalue weighted by Crippen LogP contribution is 2.45. The van der Waals surface area contributed by atoms with Gasteiger partial charge in [0.05, 0.1) is 5.52 Å². The summed E-state index contributed by atoms with van der Waals surface area (Å²) in [7, 11) is 0. The number of anilines is 1. The van der Waals surface area contributed by atoms with E-state index in [2.05, 4.69) is 26.2 Å². The lowest BCUT2D eigenvalue weighted by atomic mass is 10.0. The van der Waals surface area contributed by atoms with Crippen molar-refractivity contribution in [3.05, 3.63) is 21.6 Å². The monoisotopic (exact) mass is 492 g/mol. The Hall–Kier alpha value is -1.81. The molecule has 1 aliphatic heterocycles. The Kier molecular flexibility index (Phi) is 5.05. The van der Waals surface area contributed by atoms with Crippen LogP contribution >= 0.6 is 27.5 Å². The third-order valence-electron chi connectivity index (χ3n) is 5.55. The molecule has 1 fully saturated rings. The maximum atomic E-state index is 14.3. The Bertz CT molecular complexity index is 1000. The summed E-state index contributed by atoms with van der Waals surface area (Å²) < 4.78 is 43.9. The number of benzene rings is 1. The molecule has 156 valence electrons. The summed E-state index contributed by atoms with van der Waals surface area (Å²) >= 11 is 9.23. The van der Waals surface area contributed by atoms with E-state index < -0.39 is 23.7 Å². The van der Waals surface area contributed by atoms with Gasteiger partial charge in [-0.1, -0.05) is 37.3 Å². The van der Waals surface area contributed by atoms with E-state index in [0.29, 0.717) is 21.4 Å². The number of halogens is 5. The quantitative estimate of drug-likeness (QED) is 0.648. The third kappa shape index (κ3) is 3.30. The van der Waals surface area contributed by atoms with Gasteiger partial charge in [0.2, 0.25) is 11.9 Å². The van der Waals surface area contributed by atoms with Crippen molar-refractivity contribution >= 4 is 56.3 Å². The molecule has 2 aliphatic rings. The molecule has 0 spiro atoms. The fraction of sp³-hybridized carbons (Fsp3) is 0.500. The number of imidazole rings is 1.